The Kier molecular flexibility index (Phi) is 5.88. The minimum Gasteiger partial charge on any atom is -0.486 e. The number of hydrogen-bond donors (Lipinski definition) is 1. The summed E-state index contributed by atoms with van der Waals surface area (Å²) in [5.41, 5.74) is 1.36. The highest BCUT2D eigenvalue weighted by atomic mass is 32.2. The first kappa shape index (κ1) is 18.3. The maximum atomic E-state index is 10.7. The molecule has 0 fully saturated rings. The minimum atomic E-state index is -0.873. The van der Waals surface area contributed by atoms with Crippen molar-refractivity contribution in [2.75, 3.05) is 5.75 Å². The van der Waals surface area contributed by atoms with Gasteiger partial charge in [0.05, 0.1) is 5.75 Å². The Morgan fingerprint density at radius 2 is 1.92 bits per heavy atom. The van der Waals surface area contributed by atoms with Crippen molar-refractivity contribution >= 4 is 17.7 Å². The standard InChI is InChI=1S/C17H23N3O3S/c1-5-20-14(18-19-16(20)24-11-15(21)22)10-23-13-8-6-12(7-9-13)17(2,3)4/h6-9H,5,10-11H2,1-4H3,(H,21,22). The molecule has 0 bridgehead atoms. The van der Waals surface area contributed by atoms with E-state index in [-0.39, 0.29) is 11.2 Å². The number of aromatic nitrogens is 3. The molecule has 1 aromatic carbocycles. The highest BCUT2D eigenvalue weighted by Gasteiger charge is 2.15. The molecule has 2 aromatic rings. The van der Waals surface area contributed by atoms with Crippen molar-refractivity contribution in [2.45, 2.75) is 51.4 Å². The predicted molar refractivity (Wildman–Crippen MR) is 93.5 cm³/mol. The first-order chi connectivity index (χ1) is 11.3. The number of carboxylic acids is 1. The fourth-order valence-electron chi connectivity index (χ4n) is 2.18. The maximum absolute atomic E-state index is 10.7. The zero-order chi connectivity index (χ0) is 17.7. The Balaban J connectivity index is 2.02. The topological polar surface area (TPSA) is 77.2 Å². The van der Waals surface area contributed by atoms with Crippen LogP contribution in [0.5, 0.6) is 5.75 Å². The molecule has 6 nitrogen and oxygen atoms in total. The van der Waals surface area contributed by atoms with Gasteiger partial charge in [-0.25, -0.2) is 0 Å². The second-order valence-corrected chi connectivity index (χ2v) is 7.33. The first-order valence-corrected chi connectivity index (χ1v) is 8.80. The van der Waals surface area contributed by atoms with Gasteiger partial charge in [0, 0.05) is 6.54 Å². The predicted octanol–water partition coefficient (Wildman–Crippen LogP) is 3.35. The number of carboxylic acid groups (broad SMARTS) is 1. The van der Waals surface area contributed by atoms with Crippen molar-refractivity contribution in [3.63, 3.8) is 0 Å². The average Bonchev–Trinajstić information content (AvgIpc) is 2.92. The van der Waals surface area contributed by atoms with Crippen molar-refractivity contribution in [3.8, 4) is 5.75 Å². The second kappa shape index (κ2) is 7.70. The molecular formula is C17H23N3O3S. The zero-order valence-corrected chi connectivity index (χ0v) is 15.3. The van der Waals surface area contributed by atoms with Crippen LogP contribution in [0, 0.1) is 0 Å². The van der Waals surface area contributed by atoms with Gasteiger partial charge in [-0.1, -0.05) is 44.7 Å². The molecule has 1 N–H and O–H groups in total. The van der Waals surface area contributed by atoms with Gasteiger partial charge in [-0.05, 0) is 30.0 Å². The number of hydrogen-bond acceptors (Lipinski definition) is 5. The molecular weight excluding hydrogens is 326 g/mol. The van der Waals surface area contributed by atoms with Crippen LogP contribution in [-0.2, 0) is 23.4 Å². The van der Waals surface area contributed by atoms with Gasteiger partial charge in [-0.15, -0.1) is 10.2 Å². The number of rotatable bonds is 7. The van der Waals surface area contributed by atoms with Gasteiger partial charge in [0.1, 0.15) is 12.4 Å². The number of carbonyl (C=O) groups is 1. The van der Waals surface area contributed by atoms with Crippen LogP contribution in [-0.4, -0.2) is 31.6 Å². The van der Waals surface area contributed by atoms with Crippen molar-refractivity contribution in [3.05, 3.63) is 35.7 Å². The van der Waals surface area contributed by atoms with Crippen LogP contribution in [0.15, 0.2) is 29.4 Å². The van der Waals surface area contributed by atoms with Crippen LogP contribution >= 0.6 is 11.8 Å². The highest BCUT2D eigenvalue weighted by molar-refractivity contribution is 7.99. The summed E-state index contributed by atoms with van der Waals surface area (Å²) in [5.74, 6) is 0.550. The molecule has 0 amide bonds. The van der Waals surface area contributed by atoms with E-state index < -0.39 is 5.97 Å². The van der Waals surface area contributed by atoms with E-state index in [1.54, 1.807) is 0 Å². The molecule has 1 aromatic heterocycles. The Morgan fingerprint density at radius 3 is 2.46 bits per heavy atom. The third kappa shape index (κ3) is 4.74. The second-order valence-electron chi connectivity index (χ2n) is 6.39. The molecule has 0 aliphatic heterocycles. The van der Waals surface area contributed by atoms with Gasteiger partial charge in [0.25, 0.3) is 0 Å². The molecule has 24 heavy (non-hydrogen) atoms. The highest BCUT2D eigenvalue weighted by Crippen LogP contribution is 2.25. The van der Waals surface area contributed by atoms with Crippen molar-refractivity contribution in [1.82, 2.24) is 14.8 Å². The summed E-state index contributed by atoms with van der Waals surface area (Å²) < 4.78 is 7.66. The monoisotopic (exact) mass is 349 g/mol. The summed E-state index contributed by atoms with van der Waals surface area (Å²) in [7, 11) is 0. The average molecular weight is 349 g/mol. The third-order valence-electron chi connectivity index (χ3n) is 3.52. The van der Waals surface area contributed by atoms with Gasteiger partial charge in [-0.2, -0.15) is 0 Å². The van der Waals surface area contributed by atoms with Crippen LogP contribution < -0.4 is 4.74 Å². The molecule has 0 unspecified atom stereocenters. The summed E-state index contributed by atoms with van der Waals surface area (Å²) in [6.07, 6.45) is 0. The number of ether oxygens (including phenoxy) is 1. The Bertz CT molecular complexity index is 690. The lowest BCUT2D eigenvalue weighted by Crippen LogP contribution is -2.11. The molecule has 7 heteroatoms. The molecule has 1 heterocycles. The van der Waals surface area contributed by atoms with E-state index in [9.17, 15) is 4.79 Å². The summed E-state index contributed by atoms with van der Waals surface area (Å²) in [5, 5.41) is 17.5. The molecule has 0 aliphatic rings. The molecule has 0 radical (unpaired) electrons. The lowest BCUT2D eigenvalue weighted by atomic mass is 9.87. The van der Waals surface area contributed by atoms with E-state index >= 15 is 0 Å². The number of benzene rings is 1. The van der Waals surface area contributed by atoms with E-state index in [4.69, 9.17) is 9.84 Å². The van der Waals surface area contributed by atoms with Crippen molar-refractivity contribution in [2.24, 2.45) is 0 Å². The van der Waals surface area contributed by atoms with Gasteiger partial charge < -0.3 is 14.4 Å². The van der Waals surface area contributed by atoms with Crippen LogP contribution in [0.4, 0.5) is 0 Å². The fourth-order valence-corrected chi connectivity index (χ4v) is 2.92. The molecule has 0 spiro atoms. The molecule has 0 saturated carbocycles. The van der Waals surface area contributed by atoms with Gasteiger partial charge in [-0.3, -0.25) is 4.79 Å². The maximum Gasteiger partial charge on any atom is 0.313 e. The number of nitrogens with zero attached hydrogens (tertiary/aromatic N) is 3. The Morgan fingerprint density at radius 1 is 1.25 bits per heavy atom. The molecule has 0 atom stereocenters. The summed E-state index contributed by atoms with van der Waals surface area (Å²) in [6, 6.07) is 8.03. The van der Waals surface area contributed by atoms with Crippen LogP contribution in [0.1, 0.15) is 39.1 Å². The molecule has 0 aliphatic carbocycles. The van der Waals surface area contributed by atoms with E-state index in [2.05, 4.69) is 43.1 Å². The zero-order valence-electron chi connectivity index (χ0n) is 14.4. The Labute approximate surface area is 146 Å². The molecule has 2 rings (SSSR count). The first-order valence-electron chi connectivity index (χ1n) is 7.81. The van der Waals surface area contributed by atoms with Crippen molar-refractivity contribution < 1.29 is 14.6 Å². The van der Waals surface area contributed by atoms with Crippen molar-refractivity contribution in [1.29, 1.82) is 0 Å². The van der Waals surface area contributed by atoms with Crippen LogP contribution in [0.3, 0.4) is 0 Å². The minimum absolute atomic E-state index is 0.0345. The largest absolute Gasteiger partial charge is 0.486 e. The lowest BCUT2D eigenvalue weighted by molar-refractivity contribution is -0.133. The van der Waals surface area contributed by atoms with Crippen LogP contribution in [0.2, 0.25) is 0 Å². The smallest absolute Gasteiger partial charge is 0.313 e. The van der Waals surface area contributed by atoms with E-state index in [1.165, 1.54) is 5.56 Å². The van der Waals surface area contributed by atoms with Gasteiger partial charge in [0.15, 0.2) is 11.0 Å². The van der Waals surface area contributed by atoms with E-state index in [0.717, 1.165) is 17.5 Å². The third-order valence-corrected chi connectivity index (χ3v) is 4.47. The van der Waals surface area contributed by atoms with Crippen LogP contribution in [0.25, 0.3) is 0 Å². The van der Waals surface area contributed by atoms with Gasteiger partial charge >= 0.3 is 5.97 Å². The fraction of sp³-hybridized carbons (Fsp3) is 0.471. The van der Waals surface area contributed by atoms with E-state index in [0.29, 0.717) is 24.1 Å². The van der Waals surface area contributed by atoms with E-state index in [1.807, 2.05) is 23.6 Å². The number of thioether (sulfide) groups is 1. The quantitative estimate of drug-likeness (QED) is 0.773. The van der Waals surface area contributed by atoms with Gasteiger partial charge in [0.2, 0.25) is 0 Å². The SMILES string of the molecule is CCn1c(COc2ccc(C(C)(C)C)cc2)nnc1SCC(=O)O. The Hall–Kier alpha value is -2.02. The summed E-state index contributed by atoms with van der Waals surface area (Å²) in [4.78, 5) is 10.7. The number of aliphatic carboxylic acids is 1. The summed E-state index contributed by atoms with van der Waals surface area (Å²) in [6.45, 7) is 9.43. The lowest BCUT2D eigenvalue weighted by Gasteiger charge is -2.19. The normalized spacial score (nSPS) is 11.5. The molecule has 130 valence electrons. The summed E-state index contributed by atoms with van der Waals surface area (Å²) >= 11 is 1.16. The molecule has 0 saturated heterocycles.